The van der Waals surface area contributed by atoms with E-state index in [2.05, 4.69) is 5.32 Å². The van der Waals surface area contributed by atoms with Gasteiger partial charge in [-0.3, -0.25) is 9.59 Å². The van der Waals surface area contributed by atoms with Gasteiger partial charge in [-0.05, 0) is 31.4 Å². The molecule has 0 aromatic heterocycles. The van der Waals surface area contributed by atoms with Crippen molar-refractivity contribution in [2.24, 2.45) is 0 Å². The summed E-state index contributed by atoms with van der Waals surface area (Å²) in [6.45, 7) is 0.427. The van der Waals surface area contributed by atoms with E-state index in [4.69, 9.17) is 9.84 Å². The number of carbonyl (C=O) groups excluding carboxylic acids is 2. The Morgan fingerprint density at radius 2 is 2.13 bits per heavy atom. The average molecular weight is 318 g/mol. The van der Waals surface area contributed by atoms with Crippen LogP contribution in [0, 0.1) is 0 Å². The number of anilines is 1. The normalized spacial score (nSPS) is 18.6. The first kappa shape index (κ1) is 15.3. The molecule has 122 valence electrons. The number of hydrogen-bond acceptors (Lipinski definition) is 4. The van der Waals surface area contributed by atoms with Crippen molar-refractivity contribution in [1.82, 2.24) is 5.32 Å². The number of rotatable bonds is 6. The number of nitrogens with zero attached hydrogens (tertiary/aromatic N) is 1. The zero-order valence-corrected chi connectivity index (χ0v) is 12.6. The highest BCUT2D eigenvalue weighted by atomic mass is 16.5. The molecule has 1 aromatic carbocycles. The molecule has 7 nitrogen and oxygen atoms in total. The van der Waals surface area contributed by atoms with Crippen LogP contribution < -0.4 is 15.0 Å². The summed E-state index contributed by atoms with van der Waals surface area (Å²) in [7, 11) is 0. The zero-order valence-electron chi connectivity index (χ0n) is 12.6. The topological polar surface area (TPSA) is 95.9 Å². The Labute approximate surface area is 133 Å². The van der Waals surface area contributed by atoms with Gasteiger partial charge < -0.3 is 20.1 Å². The standard InChI is InChI=1S/C16H18N2O5/c19-13(17-16(6-7-16)15(21)22)10-23-12-4-1-3-11(9-12)18-8-2-5-14(18)20/h1,3-4,9H,2,5-8,10H2,(H,17,19)(H,21,22). The molecule has 0 bridgehead atoms. The van der Waals surface area contributed by atoms with Crippen molar-refractivity contribution in [1.29, 1.82) is 0 Å². The van der Waals surface area contributed by atoms with Crippen molar-refractivity contribution in [3.63, 3.8) is 0 Å². The first-order chi connectivity index (χ1) is 11.0. The first-order valence-electron chi connectivity index (χ1n) is 7.58. The molecular weight excluding hydrogens is 300 g/mol. The van der Waals surface area contributed by atoms with Crippen LogP contribution in [0.5, 0.6) is 5.75 Å². The van der Waals surface area contributed by atoms with Crippen LogP contribution in [0.1, 0.15) is 25.7 Å². The minimum atomic E-state index is -1.11. The van der Waals surface area contributed by atoms with Gasteiger partial charge in [-0.15, -0.1) is 0 Å². The van der Waals surface area contributed by atoms with Crippen molar-refractivity contribution < 1.29 is 24.2 Å². The Morgan fingerprint density at radius 3 is 2.74 bits per heavy atom. The van der Waals surface area contributed by atoms with Crippen LogP contribution in [-0.4, -0.2) is 41.6 Å². The fourth-order valence-corrected chi connectivity index (χ4v) is 2.63. The Balaban J connectivity index is 1.57. The third-order valence-electron chi connectivity index (χ3n) is 4.11. The fourth-order valence-electron chi connectivity index (χ4n) is 2.63. The Hall–Kier alpha value is -2.57. The lowest BCUT2D eigenvalue weighted by molar-refractivity contribution is -0.143. The van der Waals surface area contributed by atoms with Crippen LogP contribution in [0.15, 0.2) is 24.3 Å². The maximum Gasteiger partial charge on any atom is 0.329 e. The molecule has 2 fully saturated rings. The summed E-state index contributed by atoms with van der Waals surface area (Å²) in [5, 5.41) is 11.5. The molecule has 0 spiro atoms. The van der Waals surface area contributed by atoms with Gasteiger partial charge in [0.1, 0.15) is 11.3 Å². The molecule has 2 aliphatic rings. The smallest absolute Gasteiger partial charge is 0.329 e. The average Bonchev–Trinajstić information content (AvgIpc) is 3.19. The van der Waals surface area contributed by atoms with Crippen LogP contribution in [-0.2, 0) is 14.4 Å². The quantitative estimate of drug-likeness (QED) is 0.813. The summed E-state index contributed by atoms with van der Waals surface area (Å²) in [6.07, 6.45) is 2.27. The fraction of sp³-hybridized carbons (Fsp3) is 0.438. The van der Waals surface area contributed by atoms with E-state index in [-0.39, 0.29) is 12.5 Å². The minimum Gasteiger partial charge on any atom is -0.484 e. The molecular formula is C16H18N2O5. The zero-order chi connectivity index (χ0) is 16.4. The van der Waals surface area contributed by atoms with Gasteiger partial charge in [0.05, 0.1) is 0 Å². The van der Waals surface area contributed by atoms with E-state index in [1.807, 2.05) is 6.07 Å². The number of carboxylic acid groups (broad SMARTS) is 1. The third kappa shape index (κ3) is 3.28. The van der Waals surface area contributed by atoms with Crippen LogP contribution in [0.2, 0.25) is 0 Å². The Kier molecular flexibility index (Phi) is 3.94. The van der Waals surface area contributed by atoms with E-state index >= 15 is 0 Å². The number of carbonyl (C=O) groups is 3. The summed E-state index contributed by atoms with van der Waals surface area (Å²) in [6, 6.07) is 6.98. The second-order valence-corrected chi connectivity index (χ2v) is 5.87. The molecule has 0 radical (unpaired) electrons. The highest BCUT2D eigenvalue weighted by Crippen LogP contribution is 2.35. The molecule has 1 heterocycles. The van der Waals surface area contributed by atoms with Crippen molar-refractivity contribution >= 4 is 23.5 Å². The van der Waals surface area contributed by atoms with Crippen molar-refractivity contribution in [2.75, 3.05) is 18.1 Å². The molecule has 1 aliphatic heterocycles. The van der Waals surface area contributed by atoms with Gasteiger partial charge >= 0.3 is 5.97 Å². The van der Waals surface area contributed by atoms with Gasteiger partial charge in [0, 0.05) is 24.7 Å². The van der Waals surface area contributed by atoms with Gasteiger partial charge in [0.25, 0.3) is 5.91 Å². The summed E-state index contributed by atoms with van der Waals surface area (Å²) in [5.74, 6) is -0.928. The number of benzene rings is 1. The van der Waals surface area contributed by atoms with Crippen LogP contribution in [0.4, 0.5) is 5.69 Å². The van der Waals surface area contributed by atoms with Gasteiger partial charge in [0.2, 0.25) is 5.91 Å². The number of hydrogen-bond donors (Lipinski definition) is 2. The maximum atomic E-state index is 11.8. The molecule has 1 aromatic rings. The van der Waals surface area contributed by atoms with Gasteiger partial charge in [-0.1, -0.05) is 6.07 Å². The van der Waals surface area contributed by atoms with Crippen molar-refractivity contribution in [2.45, 2.75) is 31.2 Å². The first-order valence-corrected chi connectivity index (χ1v) is 7.58. The lowest BCUT2D eigenvalue weighted by Crippen LogP contribution is -2.45. The van der Waals surface area contributed by atoms with Gasteiger partial charge in [-0.2, -0.15) is 0 Å². The molecule has 1 aliphatic carbocycles. The monoisotopic (exact) mass is 318 g/mol. The molecule has 2 N–H and O–H groups in total. The lowest BCUT2D eigenvalue weighted by Gasteiger charge is -2.17. The largest absolute Gasteiger partial charge is 0.484 e. The van der Waals surface area contributed by atoms with Crippen molar-refractivity contribution in [3.05, 3.63) is 24.3 Å². The van der Waals surface area contributed by atoms with Crippen LogP contribution in [0.3, 0.4) is 0 Å². The number of aliphatic carboxylic acids is 1. The van der Waals surface area contributed by atoms with E-state index in [0.717, 1.165) is 12.1 Å². The molecule has 0 atom stereocenters. The SMILES string of the molecule is O=C(COc1cccc(N2CCCC2=O)c1)NC1(C(=O)O)CC1. The molecule has 1 saturated heterocycles. The second-order valence-electron chi connectivity index (χ2n) is 5.87. The summed E-state index contributed by atoms with van der Waals surface area (Å²) in [4.78, 5) is 36.3. The van der Waals surface area contributed by atoms with Crippen LogP contribution in [0.25, 0.3) is 0 Å². The lowest BCUT2D eigenvalue weighted by atomic mass is 10.2. The number of nitrogens with one attached hydrogen (secondary N) is 1. The van der Waals surface area contributed by atoms with E-state index in [1.54, 1.807) is 23.1 Å². The predicted octanol–water partition coefficient (Wildman–Crippen LogP) is 0.926. The number of ether oxygens (including phenoxy) is 1. The Bertz CT molecular complexity index is 654. The van der Waals surface area contributed by atoms with E-state index < -0.39 is 17.4 Å². The maximum absolute atomic E-state index is 11.8. The molecule has 2 amide bonds. The number of amides is 2. The molecule has 7 heteroatoms. The second kappa shape index (κ2) is 5.91. The highest BCUT2D eigenvalue weighted by molar-refractivity contribution is 5.95. The number of carboxylic acids is 1. The van der Waals surface area contributed by atoms with E-state index in [0.29, 0.717) is 31.6 Å². The molecule has 0 unspecified atom stereocenters. The molecule has 3 rings (SSSR count). The van der Waals surface area contributed by atoms with E-state index in [9.17, 15) is 14.4 Å². The van der Waals surface area contributed by atoms with Gasteiger partial charge in [0.15, 0.2) is 6.61 Å². The predicted molar refractivity (Wildman–Crippen MR) is 81.3 cm³/mol. The third-order valence-corrected chi connectivity index (χ3v) is 4.11. The minimum absolute atomic E-state index is 0.0806. The summed E-state index contributed by atoms with van der Waals surface area (Å²) >= 11 is 0. The summed E-state index contributed by atoms with van der Waals surface area (Å²) < 4.78 is 5.41. The highest BCUT2D eigenvalue weighted by Gasteiger charge is 2.51. The molecule has 1 saturated carbocycles. The van der Waals surface area contributed by atoms with Crippen molar-refractivity contribution in [3.8, 4) is 5.75 Å². The van der Waals surface area contributed by atoms with Gasteiger partial charge in [-0.25, -0.2) is 4.79 Å². The van der Waals surface area contributed by atoms with Crippen LogP contribution >= 0.6 is 0 Å². The molecule has 23 heavy (non-hydrogen) atoms. The van der Waals surface area contributed by atoms with E-state index in [1.165, 1.54) is 0 Å². The summed E-state index contributed by atoms with van der Waals surface area (Å²) in [5.41, 5.74) is -0.362. The Morgan fingerprint density at radius 1 is 1.35 bits per heavy atom.